The van der Waals surface area contributed by atoms with E-state index in [1.54, 1.807) is 0 Å². The van der Waals surface area contributed by atoms with E-state index in [9.17, 15) is 9.90 Å². The van der Waals surface area contributed by atoms with Crippen LogP contribution in [0.15, 0.2) is 45.9 Å². The van der Waals surface area contributed by atoms with Crippen LogP contribution < -0.4 is 10.6 Å². The fourth-order valence-electron chi connectivity index (χ4n) is 5.01. The summed E-state index contributed by atoms with van der Waals surface area (Å²) in [5, 5.41) is 16.5. The largest absolute Gasteiger partial charge is 0.481 e. The van der Waals surface area contributed by atoms with Gasteiger partial charge in [0.1, 0.15) is 6.17 Å². The van der Waals surface area contributed by atoms with Gasteiger partial charge in [-0.15, -0.1) is 0 Å². The quantitative estimate of drug-likeness (QED) is 0.705. The van der Waals surface area contributed by atoms with Crippen LogP contribution >= 0.6 is 0 Å². The summed E-state index contributed by atoms with van der Waals surface area (Å²) < 4.78 is 0. The highest BCUT2D eigenvalue weighted by Gasteiger charge is 2.37. The van der Waals surface area contributed by atoms with Crippen LogP contribution in [0.5, 0.6) is 0 Å². The third kappa shape index (κ3) is 3.68. The topological polar surface area (TPSA) is 86.1 Å². The van der Waals surface area contributed by atoms with Crippen LogP contribution in [0.3, 0.4) is 0 Å². The van der Waals surface area contributed by atoms with Gasteiger partial charge in [-0.2, -0.15) is 0 Å². The third-order valence-corrected chi connectivity index (χ3v) is 6.76. The number of fused-ring (bicyclic) bond motifs is 1. The van der Waals surface area contributed by atoms with E-state index in [1.807, 2.05) is 18.2 Å². The normalized spacial score (nSPS) is 28.7. The first kappa shape index (κ1) is 18.4. The predicted molar refractivity (Wildman–Crippen MR) is 115 cm³/mol. The molecule has 4 aliphatic rings. The Morgan fingerprint density at radius 1 is 1.10 bits per heavy atom. The lowest BCUT2D eigenvalue weighted by Crippen LogP contribution is -2.38. The fourth-order valence-corrected chi connectivity index (χ4v) is 5.01. The molecule has 3 atom stereocenters. The molecule has 1 aliphatic heterocycles. The molecule has 2 saturated carbocycles. The van der Waals surface area contributed by atoms with Crippen molar-refractivity contribution in [3.05, 3.63) is 41.5 Å². The monoisotopic (exact) mass is 392 g/mol. The molecule has 6 heteroatoms. The van der Waals surface area contributed by atoms with Crippen LogP contribution in [0.2, 0.25) is 0 Å². The summed E-state index contributed by atoms with van der Waals surface area (Å²) in [4.78, 5) is 21.1. The molecule has 0 radical (unpaired) electrons. The van der Waals surface area contributed by atoms with Gasteiger partial charge in [0.25, 0.3) is 0 Å². The number of anilines is 1. The number of carboxylic acid groups (broad SMARTS) is 1. The Kier molecular flexibility index (Phi) is 4.86. The number of allylic oxidation sites excluding steroid dienone is 1. The zero-order valence-electron chi connectivity index (χ0n) is 16.6. The van der Waals surface area contributed by atoms with Crippen molar-refractivity contribution in [3.8, 4) is 0 Å². The maximum absolute atomic E-state index is 11.4. The van der Waals surface area contributed by atoms with Crippen LogP contribution in [0.25, 0.3) is 0 Å². The molecule has 3 unspecified atom stereocenters. The minimum absolute atomic E-state index is 0.117. The van der Waals surface area contributed by atoms with Gasteiger partial charge in [-0.05, 0) is 62.1 Å². The Morgan fingerprint density at radius 2 is 1.97 bits per heavy atom. The average Bonchev–Trinajstić information content (AvgIpc) is 3.32. The molecule has 0 spiro atoms. The van der Waals surface area contributed by atoms with Crippen LogP contribution in [0.4, 0.5) is 5.69 Å². The van der Waals surface area contributed by atoms with Gasteiger partial charge in [0, 0.05) is 17.3 Å². The first-order valence-corrected chi connectivity index (χ1v) is 10.9. The van der Waals surface area contributed by atoms with Crippen molar-refractivity contribution in [1.29, 1.82) is 0 Å². The van der Waals surface area contributed by atoms with Gasteiger partial charge in [-0.1, -0.05) is 31.1 Å². The molecule has 1 aromatic rings. The van der Waals surface area contributed by atoms with E-state index >= 15 is 0 Å². The minimum atomic E-state index is -0.684. The molecule has 3 N–H and O–H groups in total. The van der Waals surface area contributed by atoms with Gasteiger partial charge < -0.3 is 15.7 Å². The molecule has 5 rings (SSSR count). The Balaban J connectivity index is 1.34. The maximum Gasteiger partial charge on any atom is 0.307 e. The Hall–Kier alpha value is -2.63. The first-order valence-electron chi connectivity index (χ1n) is 10.9. The molecule has 0 amide bonds. The van der Waals surface area contributed by atoms with Crippen molar-refractivity contribution >= 4 is 23.3 Å². The Morgan fingerprint density at radius 3 is 2.72 bits per heavy atom. The van der Waals surface area contributed by atoms with E-state index < -0.39 is 5.97 Å². The van der Waals surface area contributed by atoms with Crippen molar-refractivity contribution in [2.24, 2.45) is 15.9 Å². The summed E-state index contributed by atoms with van der Waals surface area (Å²) >= 11 is 0. The van der Waals surface area contributed by atoms with Crippen molar-refractivity contribution in [2.75, 3.05) is 5.32 Å². The molecule has 0 saturated heterocycles. The lowest BCUT2D eigenvalue weighted by atomic mass is 9.70. The molecule has 2 fully saturated rings. The molecule has 6 nitrogen and oxygen atoms in total. The molecule has 3 aliphatic carbocycles. The van der Waals surface area contributed by atoms with Crippen LogP contribution in [0.1, 0.15) is 62.8 Å². The molecular formula is C23H28N4O2. The number of aliphatic imine (C=N–C) groups is 2. The van der Waals surface area contributed by atoms with Crippen molar-refractivity contribution in [1.82, 2.24) is 5.32 Å². The second kappa shape index (κ2) is 7.65. The molecule has 152 valence electrons. The number of guanidine groups is 1. The highest BCUT2D eigenvalue weighted by atomic mass is 16.4. The Bertz CT molecular complexity index is 898. The zero-order chi connectivity index (χ0) is 19.8. The van der Waals surface area contributed by atoms with E-state index in [4.69, 9.17) is 9.98 Å². The number of aliphatic carboxylic acids is 1. The summed E-state index contributed by atoms with van der Waals surface area (Å²) in [7, 11) is 0. The summed E-state index contributed by atoms with van der Waals surface area (Å²) in [6, 6.07) is 8.68. The number of carboxylic acids is 1. The fraction of sp³-hybridized carbons (Fsp3) is 0.522. The first-order chi connectivity index (χ1) is 14.2. The number of nitrogens with zero attached hydrogens (tertiary/aromatic N) is 2. The number of nitrogens with one attached hydrogen (secondary N) is 2. The predicted octanol–water partition coefficient (Wildman–Crippen LogP) is 4.07. The number of hydrogen-bond donors (Lipinski definition) is 3. The molecule has 1 aromatic carbocycles. The summed E-state index contributed by atoms with van der Waals surface area (Å²) in [5.74, 6) is -0.0661. The average molecular weight is 393 g/mol. The van der Waals surface area contributed by atoms with Crippen molar-refractivity contribution in [2.45, 2.75) is 69.5 Å². The summed E-state index contributed by atoms with van der Waals surface area (Å²) in [5.41, 5.74) is 4.41. The molecular weight excluding hydrogens is 364 g/mol. The molecule has 1 heterocycles. The van der Waals surface area contributed by atoms with Gasteiger partial charge in [-0.3, -0.25) is 4.79 Å². The lowest BCUT2D eigenvalue weighted by Gasteiger charge is -2.34. The third-order valence-electron chi connectivity index (χ3n) is 6.76. The zero-order valence-corrected chi connectivity index (χ0v) is 16.6. The van der Waals surface area contributed by atoms with Gasteiger partial charge in [0.2, 0.25) is 5.96 Å². The molecule has 29 heavy (non-hydrogen) atoms. The summed E-state index contributed by atoms with van der Waals surface area (Å²) in [6.45, 7) is 0. The SMILES string of the molecule is O=C(O)C1CCC1c1cccc(NC2N=C(NC3CCCC3)N=C3CCC=C32)c1. The van der Waals surface area contributed by atoms with Gasteiger partial charge in [-0.25, -0.2) is 9.98 Å². The van der Waals surface area contributed by atoms with Crippen LogP contribution in [0, 0.1) is 5.92 Å². The van der Waals surface area contributed by atoms with Crippen molar-refractivity contribution < 1.29 is 9.90 Å². The van der Waals surface area contributed by atoms with Gasteiger partial charge in [0.05, 0.1) is 11.6 Å². The number of benzene rings is 1. The molecule has 0 aromatic heterocycles. The lowest BCUT2D eigenvalue weighted by molar-refractivity contribution is -0.145. The number of hydrogen-bond acceptors (Lipinski definition) is 5. The van der Waals surface area contributed by atoms with Crippen LogP contribution in [-0.4, -0.2) is 35.0 Å². The summed E-state index contributed by atoms with van der Waals surface area (Å²) in [6.07, 6.45) is 10.7. The maximum atomic E-state index is 11.4. The van der Waals surface area contributed by atoms with Gasteiger partial charge >= 0.3 is 5.97 Å². The van der Waals surface area contributed by atoms with Crippen molar-refractivity contribution in [3.63, 3.8) is 0 Å². The van der Waals surface area contributed by atoms with E-state index in [0.29, 0.717) is 6.04 Å². The highest BCUT2D eigenvalue weighted by molar-refractivity contribution is 6.11. The number of carbonyl (C=O) groups is 1. The molecule has 0 bridgehead atoms. The Labute approximate surface area is 171 Å². The van der Waals surface area contributed by atoms with Crippen LogP contribution in [-0.2, 0) is 4.79 Å². The van der Waals surface area contributed by atoms with Gasteiger partial charge in [0.15, 0.2) is 0 Å². The van der Waals surface area contributed by atoms with E-state index in [2.05, 4.69) is 22.8 Å². The second-order valence-corrected chi connectivity index (χ2v) is 8.64. The second-order valence-electron chi connectivity index (χ2n) is 8.64. The standard InChI is InChI=1S/C23H28N4O2/c28-22(29)18-12-11-17(18)14-5-3-8-16(13-14)24-21-19-9-4-10-20(19)26-23(27-21)25-15-6-1-2-7-15/h3,5,8-9,13,15,17-18,21,24H,1-2,4,6-7,10-12H2,(H,25,27)(H,28,29). The number of rotatable bonds is 5. The van der Waals surface area contributed by atoms with E-state index in [1.165, 1.54) is 31.3 Å². The smallest absolute Gasteiger partial charge is 0.307 e. The van der Waals surface area contributed by atoms with E-state index in [-0.39, 0.29) is 18.0 Å². The van der Waals surface area contributed by atoms with E-state index in [0.717, 1.165) is 48.6 Å². The highest BCUT2D eigenvalue weighted by Crippen LogP contribution is 2.43. The minimum Gasteiger partial charge on any atom is -0.481 e.